The Balaban J connectivity index is 1.21. The van der Waals surface area contributed by atoms with Crippen LogP contribution in [0, 0.1) is 6.92 Å². The number of nitrogens with one attached hydrogen (secondary N) is 2. The fourth-order valence-corrected chi connectivity index (χ4v) is 4.82. The first kappa shape index (κ1) is 24.1. The van der Waals surface area contributed by atoms with Crippen molar-refractivity contribution in [1.82, 2.24) is 19.8 Å². The number of likely N-dealkylation sites (N-methyl/N-ethyl adjacent to an activating group) is 1. The van der Waals surface area contributed by atoms with Crippen LogP contribution in [0.15, 0.2) is 71.7 Å². The number of carbonyl (C=O) groups is 1. The van der Waals surface area contributed by atoms with Crippen molar-refractivity contribution in [1.29, 1.82) is 0 Å². The molecule has 3 heterocycles. The van der Waals surface area contributed by atoms with Crippen LogP contribution in [0.25, 0.3) is 11.1 Å². The smallest absolute Gasteiger partial charge is 0.255 e. The van der Waals surface area contributed by atoms with Crippen LogP contribution < -0.4 is 10.6 Å². The largest absolute Gasteiger partial charge is 0.324 e. The molecule has 0 radical (unpaired) electrons. The molecule has 0 bridgehead atoms. The Labute approximate surface area is 215 Å². The van der Waals surface area contributed by atoms with Gasteiger partial charge in [0.25, 0.3) is 5.91 Å². The number of piperazine rings is 1. The van der Waals surface area contributed by atoms with Gasteiger partial charge >= 0.3 is 0 Å². The minimum absolute atomic E-state index is 0.127. The molecular formula is C28H30N6OS. The quantitative estimate of drug-likeness (QED) is 0.362. The van der Waals surface area contributed by atoms with Gasteiger partial charge in [0.15, 0.2) is 0 Å². The van der Waals surface area contributed by atoms with E-state index in [2.05, 4.69) is 55.0 Å². The van der Waals surface area contributed by atoms with Crippen LogP contribution in [0.2, 0.25) is 0 Å². The number of anilines is 3. The monoisotopic (exact) mass is 498 g/mol. The molecule has 1 aliphatic heterocycles. The number of nitrogens with zero attached hydrogens (tertiary/aromatic N) is 4. The van der Waals surface area contributed by atoms with Crippen molar-refractivity contribution in [3.05, 3.63) is 88.4 Å². The van der Waals surface area contributed by atoms with Gasteiger partial charge in [0.05, 0.1) is 0 Å². The lowest BCUT2D eigenvalue weighted by atomic mass is 10.1. The van der Waals surface area contributed by atoms with Crippen molar-refractivity contribution in [2.75, 3.05) is 43.9 Å². The number of aromatic nitrogens is 2. The molecule has 2 aromatic carbocycles. The van der Waals surface area contributed by atoms with Crippen LogP contribution in [0.3, 0.4) is 0 Å². The summed E-state index contributed by atoms with van der Waals surface area (Å²) in [6.07, 6.45) is 3.61. The van der Waals surface area contributed by atoms with Gasteiger partial charge in [-0.1, -0.05) is 18.2 Å². The van der Waals surface area contributed by atoms with Crippen LogP contribution in [-0.4, -0.2) is 58.9 Å². The van der Waals surface area contributed by atoms with Crippen LogP contribution in [0.1, 0.15) is 21.5 Å². The molecule has 0 unspecified atom stereocenters. The summed E-state index contributed by atoms with van der Waals surface area (Å²) in [7, 11) is 2.16. The Morgan fingerprint density at radius 1 is 0.972 bits per heavy atom. The topological polar surface area (TPSA) is 73.4 Å². The lowest BCUT2D eigenvalue weighted by Gasteiger charge is -2.32. The van der Waals surface area contributed by atoms with Crippen molar-refractivity contribution in [3.8, 4) is 11.1 Å². The summed E-state index contributed by atoms with van der Waals surface area (Å²) in [4.78, 5) is 26.6. The first-order valence-corrected chi connectivity index (χ1v) is 13.0. The summed E-state index contributed by atoms with van der Waals surface area (Å²) in [5.41, 5.74) is 6.50. The second-order valence-corrected chi connectivity index (χ2v) is 9.97. The minimum Gasteiger partial charge on any atom is -0.324 e. The highest BCUT2D eigenvalue weighted by Gasteiger charge is 2.14. The number of hydrogen-bond acceptors (Lipinski definition) is 7. The fraction of sp³-hybridized carbons (Fsp3) is 0.250. The molecule has 5 rings (SSSR count). The summed E-state index contributed by atoms with van der Waals surface area (Å²) >= 11 is 1.65. The Hall–Kier alpha value is -3.59. The van der Waals surface area contributed by atoms with E-state index in [0.717, 1.165) is 60.8 Å². The molecule has 1 fully saturated rings. The van der Waals surface area contributed by atoms with Gasteiger partial charge in [0.2, 0.25) is 5.95 Å². The molecule has 184 valence electrons. The van der Waals surface area contributed by atoms with Gasteiger partial charge in [-0.05, 0) is 71.8 Å². The standard InChI is InChI=1S/C28H30N6OS/c1-20-3-8-25(31-28-29-16-24(17-30-28)23-9-14-36-19-23)15-26(20)32-27(35)22-6-4-21(5-7-22)18-34-12-10-33(2)11-13-34/h3-9,14-17,19H,10-13,18H2,1-2H3,(H,32,35)(H,29,30,31). The molecule has 7 nitrogen and oxygen atoms in total. The third-order valence-electron chi connectivity index (χ3n) is 6.47. The normalized spacial score (nSPS) is 14.5. The Kier molecular flexibility index (Phi) is 7.36. The highest BCUT2D eigenvalue weighted by molar-refractivity contribution is 7.08. The summed E-state index contributed by atoms with van der Waals surface area (Å²) in [6, 6.07) is 15.8. The predicted octanol–water partition coefficient (Wildman–Crippen LogP) is 5.26. The zero-order chi connectivity index (χ0) is 24.9. The second kappa shape index (κ2) is 11.0. The summed E-state index contributed by atoms with van der Waals surface area (Å²) in [5, 5.41) is 10.4. The summed E-state index contributed by atoms with van der Waals surface area (Å²) in [5.74, 6) is 0.379. The van der Waals surface area contributed by atoms with Crippen molar-refractivity contribution >= 4 is 34.6 Å². The first-order chi connectivity index (χ1) is 17.5. The van der Waals surface area contributed by atoms with E-state index in [1.54, 1.807) is 11.3 Å². The van der Waals surface area contributed by atoms with Crippen molar-refractivity contribution < 1.29 is 4.79 Å². The third kappa shape index (κ3) is 5.96. The maximum absolute atomic E-state index is 13.0. The van der Waals surface area contributed by atoms with Gasteiger partial charge in [-0.3, -0.25) is 9.69 Å². The molecule has 2 N–H and O–H groups in total. The number of rotatable bonds is 7. The lowest BCUT2D eigenvalue weighted by Crippen LogP contribution is -2.43. The molecule has 0 saturated carbocycles. The van der Waals surface area contributed by atoms with E-state index in [0.29, 0.717) is 11.5 Å². The third-order valence-corrected chi connectivity index (χ3v) is 7.15. The molecule has 1 aliphatic rings. The van der Waals surface area contributed by atoms with E-state index in [4.69, 9.17) is 0 Å². The molecule has 8 heteroatoms. The molecule has 0 spiro atoms. The van der Waals surface area contributed by atoms with Gasteiger partial charge in [0, 0.05) is 67.6 Å². The van der Waals surface area contributed by atoms with Crippen molar-refractivity contribution in [2.45, 2.75) is 13.5 Å². The van der Waals surface area contributed by atoms with Crippen molar-refractivity contribution in [3.63, 3.8) is 0 Å². The molecule has 0 atom stereocenters. The highest BCUT2D eigenvalue weighted by atomic mass is 32.1. The van der Waals surface area contributed by atoms with E-state index < -0.39 is 0 Å². The summed E-state index contributed by atoms with van der Waals surface area (Å²) < 4.78 is 0. The Morgan fingerprint density at radius 2 is 1.72 bits per heavy atom. The predicted molar refractivity (Wildman–Crippen MR) is 147 cm³/mol. The molecule has 1 saturated heterocycles. The van der Waals surface area contributed by atoms with Crippen LogP contribution in [0.4, 0.5) is 17.3 Å². The maximum atomic E-state index is 13.0. The Bertz CT molecular complexity index is 1300. The highest BCUT2D eigenvalue weighted by Crippen LogP contribution is 2.25. The molecule has 4 aromatic rings. The van der Waals surface area contributed by atoms with Crippen LogP contribution in [0.5, 0.6) is 0 Å². The number of thiophene rings is 1. The first-order valence-electron chi connectivity index (χ1n) is 12.1. The number of hydrogen-bond donors (Lipinski definition) is 2. The SMILES string of the molecule is Cc1ccc(Nc2ncc(-c3ccsc3)cn2)cc1NC(=O)c1ccc(CN2CCN(C)CC2)cc1. The van der Waals surface area contributed by atoms with Crippen LogP contribution >= 0.6 is 11.3 Å². The van der Waals surface area contributed by atoms with Crippen LogP contribution in [-0.2, 0) is 6.54 Å². The van der Waals surface area contributed by atoms with E-state index in [9.17, 15) is 4.79 Å². The molecule has 0 aliphatic carbocycles. The number of carbonyl (C=O) groups excluding carboxylic acids is 1. The molecule has 1 amide bonds. The maximum Gasteiger partial charge on any atom is 0.255 e. The summed E-state index contributed by atoms with van der Waals surface area (Å²) in [6.45, 7) is 7.24. The van der Waals surface area contributed by atoms with E-state index in [-0.39, 0.29) is 5.91 Å². The number of amides is 1. The van der Waals surface area contributed by atoms with Gasteiger partial charge in [-0.15, -0.1) is 0 Å². The Morgan fingerprint density at radius 3 is 2.42 bits per heavy atom. The van der Waals surface area contributed by atoms with Gasteiger partial charge in [0.1, 0.15) is 0 Å². The zero-order valence-electron chi connectivity index (χ0n) is 20.6. The lowest BCUT2D eigenvalue weighted by molar-refractivity contribution is 0.102. The van der Waals surface area contributed by atoms with E-state index in [1.165, 1.54) is 5.56 Å². The molecular weight excluding hydrogens is 468 g/mol. The average Bonchev–Trinajstić information content (AvgIpc) is 3.43. The van der Waals surface area contributed by atoms with Gasteiger partial charge in [-0.2, -0.15) is 11.3 Å². The minimum atomic E-state index is -0.127. The van der Waals surface area contributed by atoms with Crippen molar-refractivity contribution in [2.24, 2.45) is 0 Å². The number of aryl methyl sites for hydroxylation is 1. The fourth-order valence-electron chi connectivity index (χ4n) is 4.15. The second-order valence-electron chi connectivity index (χ2n) is 9.19. The van der Waals surface area contributed by atoms with E-state index in [1.807, 2.05) is 61.1 Å². The average molecular weight is 499 g/mol. The van der Waals surface area contributed by atoms with Gasteiger partial charge in [-0.25, -0.2) is 9.97 Å². The van der Waals surface area contributed by atoms with E-state index >= 15 is 0 Å². The van der Waals surface area contributed by atoms with Gasteiger partial charge < -0.3 is 15.5 Å². The number of benzene rings is 2. The zero-order valence-corrected chi connectivity index (χ0v) is 21.4. The molecule has 36 heavy (non-hydrogen) atoms. The molecule has 2 aromatic heterocycles.